The highest BCUT2D eigenvalue weighted by Gasteiger charge is 2.40. The summed E-state index contributed by atoms with van der Waals surface area (Å²) < 4.78 is 34.0. The van der Waals surface area contributed by atoms with Crippen LogP contribution in [0.2, 0.25) is 0 Å². The normalized spacial score (nSPS) is 15.6. The Morgan fingerprint density at radius 3 is 2.70 bits per heavy atom. The molecule has 0 unspecified atom stereocenters. The van der Waals surface area contributed by atoms with Gasteiger partial charge < -0.3 is 10.5 Å². The van der Waals surface area contributed by atoms with Crippen molar-refractivity contribution < 1.29 is 17.9 Å². The summed E-state index contributed by atoms with van der Waals surface area (Å²) in [6, 6.07) is 9.65. The lowest BCUT2D eigenvalue weighted by Crippen LogP contribution is -2.48. The highest BCUT2D eigenvalue weighted by molar-refractivity contribution is 7.89. The molecule has 1 aliphatic rings. The highest BCUT2D eigenvalue weighted by atomic mass is 32.2. The molecule has 0 bridgehead atoms. The molecule has 3 heterocycles. The van der Waals surface area contributed by atoms with Gasteiger partial charge in [0.2, 0.25) is 10.0 Å². The van der Waals surface area contributed by atoms with Gasteiger partial charge in [0.25, 0.3) is 5.91 Å². The fourth-order valence-electron chi connectivity index (χ4n) is 3.13. The quantitative estimate of drug-likeness (QED) is 0.685. The Hall–Kier alpha value is -2.98. The number of methoxy groups -OCH3 is 1. The number of carbonyl (C=O) groups is 1. The molecule has 1 fully saturated rings. The molecule has 0 radical (unpaired) electrons. The summed E-state index contributed by atoms with van der Waals surface area (Å²) in [6.07, 6.45) is 1.85. The molecular formula is C17H17N5O4S. The number of aromatic nitrogens is 3. The zero-order chi connectivity index (χ0) is 19.2. The van der Waals surface area contributed by atoms with Crippen molar-refractivity contribution in [2.75, 3.05) is 20.2 Å². The second-order valence-electron chi connectivity index (χ2n) is 6.23. The molecule has 0 saturated carbocycles. The molecule has 0 aliphatic carbocycles. The summed E-state index contributed by atoms with van der Waals surface area (Å²) >= 11 is 0. The number of amides is 1. The van der Waals surface area contributed by atoms with Gasteiger partial charge in [-0.2, -0.15) is 4.31 Å². The lowest BCUT2D eigenvalue weighted by Gasteiger charge is -2.37. The predicted molar refractivity (Wildman–Crippen MR) is 96.0 cm³/mol. The Morgan fingerprint density at radius 1 is 1.22 bits per heavy atom. The molecule has 2 N–H and O–H groups in total. The van der Waals surface area contributed by atoms with E-state index in [1.54, 1.807) is 0 Å². The van der Waals surface area contributed by atoms with Gasteiger partial charge in [-0.25, -0.2) is 8.42 Å². The van der Waals surface area contributed by atoms with Crippen molar-refractivity contribution in [3.05, 3.63) is 54.0 Å². The Morgan fingerprint density at radius 2 is 2.00 bits per heavy atom. The van der Waals surface area contributed by atoms with Gasteiger partial charge in [-0.15, -0.1) is 10.2 Å². The Labute approximate surface area is 155 Å². The van der Waals surface area contributed by atoms with Gasteiger partial charge in [-0.05, 0) is 30.3 Å². The first-order chi connectivity index (χ1) is 12.9. The molecule has 1 saturated heterocycles. The second-order valence-corrected chi connectivity index (χ2v) is 8.17. The van der Waals surface area contributed by atoms with E-state index >= 15 is 0 Å². The van der Waals surface area contributed by atoms with E-state index in [4.69, 9.17) is 10.5 Å². The zero-order valence-electron chi connectivity index (χ0n) is 14.4. The van der Waals surface area contributed by atoms with Crippen LogP contribution in [0, 0.1) is 0 Å². The monoisotopic (exact) mass is 387 g/mol. The van der Waals surface area contributed by atoms with Crippen LogP contribution in [0.5, 0.6) is 5.75 Å². The van der Waals surface area contributed by atoms with Crippen LogP contribution in [0.1, 0.15) is 22.1 Å². The fraction of sp³-hybridized carbons (Fsp3) is 0.235. The van der Waals surface area contributed by atoms with Crippen LogP contribution in [-0.4, -0.2) is 53.4 Å². The van der Waals surface area contributed by atoms with E-state index in [9.17, 15) is 13.2 Å². The minimum absolute atomic E-state index is 0.00153. The molecule has 1 aliphatic heterocycles. The largest absolute Gasteiger partial charge is 0.496 e. The smallest absolute Gasteiger partial charge is 0.252 e. The number of rotatable bonds is 5. The lowest BCUT2D eigenvalue weighted by atomic mass is 10.0. The van der Waals surface area contributed by atoms with Gasteiger partial charge >= 0.3 is 0 Å². The van der Waals surface area contributed by atoms with Crippen LogP contribution in [0.15, 0.2) is 47.5 Å². The SMILES string of the molecule is COc1ccc(S(=O)(=O)N2CC(c3nnc4ccccn34)C2)cc1C(N)=O. The van der Waals surface area contributed by atoms with Crippen molar-refractivity contribution in [2.45, 2.75) is 10.8 Å². The number of fused-ring (bicyclic) bond motifs is 1. The van der Waals surface area contributed by atoms with Gasteiger partial charge in [0.15, 0.2) is 5.65 Å². The van der Waals surface area contributed by atoms with Crippen molar-refractivity contribution in [2.24, 2.45) is 5.73 Å². The van der Waals surface area contributed by atoms with Crippen molar-refractivity contribution in [3.8, 4) is 5.75 Å². The maximum absolute atomic E-state index is 12.9. The minimum Gasteiger partial charge on any atom is -0.496 e. The number of benzene rings is 1. The zero-order valence-corrected chi connectivity index (χ0v) is 15.3. The lowest BCUT2D eigenvalue weighted by molar-refractivity contribution is 0.0997. The number of ether oxygens (including phenoxy) is 1. The molecule has 1 amide bonds. The topological polar surface area (TPSA) is 120 Å². The predicted octanol–water partition coefficient (Wildman–Crippen LogP) is 0.625. The molecule has 2 aromatic heterocycles. The fourth-order valence-corrected chi connectivity index (χ4v) is 4.68. The average molecular weight is 387 g/mol. The van der Waals surface area contributed by atoms with Crippen molar-refractivity contribution in [1.29, 1.82) is 0 Å². The first-order valence-electron chi connectivity index (χ1n) is 8.19. The second kappa shape index (κ2) is 6.32. The summed E-state index contributed by atoms with van der Waals surface area (Å²) in [5, 5.41) is 8.28. The third-order valence-corrected chi connectivity index (χ3v) is 6.46. The third kappa shape index (κ3) is 2.82. The first kappa shape index (κ1) is 17.4. The van der Waals surface area contributed by atoms with E-state index in [1.165, 1.54) is 29.6 Å². The van der Waals surface area contributed by atoms with Gasteiger partial charge in [0.1, 0.15) is 11.6 Å². The maximum atomic E-state index is 12.9. The van der Waals surface area contributed by atoms with Gasteiger partial charge in [-0.3, -0.25) is 9.20 Å². The summed E-state index contributed by atoms with van der Waals surface area (Å²) in [5.41, 5.74) is 6.06. The van der Waals surface area contributed by atoms with E-state index in [-0.39, 0.29) is 35.2 Å². The van der Waals surface area contributed by atoms with Crippen LogP contribution >= 0.6 is 0 Å². The molecule has 3 aromatic rings. The number of nitrogens with two attached hydrogens (primary N) is 1. The van der Waals surface area contributed by atoms with E-state index in [2.05, 4.69) is 10.2 Å². The number of hydrogen-bond donors (Lipinski definition) is 1. The van der Waals surface area contributed by atoms with E-state index < -0.39 is 15.9 Å². The van der Waals surface area contributed by atoms with Crippen molar-refractivity contribution in [3.63, 3.8) is 0 Å². The number of pyridine rings is 1. The first-order valence-corrected chi connectivity index (χ1v) is 9.63. The van der Waals surface area contributed by atoms with Crippen molar-refractivity contribution >= 4 is 21.6 Å². The molecule has 0 spiro atoms. The third-order valence-electron chi connectivity index (χ3n) is 4.63. The molecule has 4 rings (SSSR count). The molecule has 9 nitrogen and oxygen atoms in total. The van der Waals surface area contributed by atoms with Crippen LogP contribution in [0.3, 0.4) is 0 Å². The highest BCUT2D eigenvalue weighted by Crippen LogP contribution is 2.32. The number of nitrogens with zero attached hydrogens (tertiary/aromatic N) is 4. The minimum atomic E-state index is -3.75. The summed E-state index contributed by atoms with van der Waals surface area (Å²) in [4.78, 5) is 11.6. The van der Waals surface area contributed by atoms with Crippen molar-refractivity contribution in [1.82, 2.24) is 18.9 Å². The summed E-state index contributed by atoms with van der Waals surface area (Å²) in [6.45, 7) is 0.575. The summed E-state index contributed by atoms with van der Waals surface area (Å²) in [7, 11) is -2.36. The van der Waals surface area contributed by atoms with Crippen LogP contribution in [0.4, 0.5) is 0 Å². The summed E-state index contributed by atoms with van der Waals surface area (Å²) in [5.74, 6) is 0.161. The van der Waals surface area contributed by atoms with Gasteiger partial charge in [-0.1, -0.05) is 6.07 Å². The molecule has 10 heteroatoms. The van der Waals surface area contributed by atoms with Crippen LogP contribution in [0.25, 0.3) is 5.65 Å². The maximum Gasteiger partial charge on any atom is 0.252 e. The van der Waals surface area contributed by atoms with E-state index in [0.29, 0.717) is 0 Å². The standard InChI is InChI=1S/C17H17N5O4S/c1-26-14-6-5-12(8-13(14)16(18)23)27(24,25)21-9-11(10-21)17-20-19-15-4-2-3-7-22(15)17/h2-8,11H,9-10H2,1H3,(H2,18,23). The Bertz CT molecular complexity index is 1140. The van der Waals surface area contributed by atoms with Crippen LogP contribution in [-0.2, 0) is 10.0 Å². The Kier molecular flexibility index (Phi) is 4.08. The number of hydrogen-bond acceptors (Lipinski definition) is 6. The van der Waals surface area contributed by atoms with Gasteiger partial charge in [0, 0.05) is 25.2 Å². The molecule has 27 heavy (non-hydrogen) atoms. The molecule has 0 atom stereocenters. The van der Waals surface area contributed by atoms with E-state index in [1.807, 2.05) is 28.8 Å². The number of primary amides is 1. The molecular weight excluding hydrogens is 370 g/mol. The Balaban J connectivity index is 1.58. The average Bonchev–Trinajstić information content (AvgIpc) is 3.03. The molecule has 140 valence electrons. The molecule has 1 aromatic carbocycles. The van der Waals surface area contributed by atoms with E-state index in [0.717, 1.165) is 11.5 Å². The number of carbonyl (C=O) groups excluding carboxylic acids is 1. The number of sulfonamides is 1. The van der Waals surface area contributed by atoms with Crippen LogP contribution < -0.4 is 10.5 Å². The van der Waals surface area contributed by atoms with Gasteiger partial charge in [0.05, 0.1) is 17.6 Å².